The molecule has 24 heavy (non-hydrogen) atoms. The van der Waals surface area contributed by atoms with E-state index < -0.39 is 5.79 Å². The van der Waals surface area contributed by atoms with E-state index in [1.165, 1.54) is 0 Å². The highest BCUT2D eigenvalue weighted by Crippen LogP contribution is 2.34. The molecule has 0 aliphatic carbocycles. The summed E-state index contributed by atoms with van der Waals surface area (Å²) in [5, 5.41) is 0.653. The first-order valence-electron chi connectivity index (χ1n) is 7.56. The van der Waals surface area contributed by atoms with Crippen molar-refractivity contribution in [2.45, 2.75) is 5.79 Å². The van der Waals surface area contributed by atoms with Crippen molar-refractivity contribution in [1.82, 2.24) is 0 Å². The van der Waals surface area contributed by atoms with Crippen LogP contribution in [0.4, 0.5) is 0 Å². The lowest BCUT2D eigenvalue weighted by molar-refractivity contribution is -0.0997. The minimum absolute atomic E-state index is 0.0934. The number of benzene rings is 2. The summed E-state index contributed by atoms with van der Waals surface area (Å²) in [6.07, 6.45) is 1.83. The molecule has 1 saturated heterocycles. The van der Waals surface area contributed by atoms with Crippen LogP contribution in [0.5, 0.6) is 0 Å². The number of ether oxygens (including phenoxy) is 2. The largest absolute Gasteiger partial charge is 0.343 e. The molecule has 3 nitrogen and oxygen atoms in total. The van der Waals surface area contributed by atoms with Gasteiger partial charge in [0.2, 0.25) is 5.79 Å². The zero-order valence-electron chi connectivity index (χ0n) is 12.9. The van der Waals surface area contributed by atoms with Crippen LogP contribution < -0.4 is 0 Å². The van der Waals surface area contributed by atoms with E-state index in [0.717, 1.165) is 5.56 Å². The molecule has 1 fully saturated rings. The number of carbonyl (C=O) groups is 1. The summed E-state index contributed by atoms with van der Waals surface area (Å²) in [6, 6.07) is 16.5. The van der Waals surface area contributed by atoms with Crippen LogP contribution in [0.1, 0.15) is 15.9 Å². The molecule has 5 heteroatoms. The Morgan fingerprint density at radius 1 is 1.08 bits per heavy atom. The second-order valence-corrected chi connectivity index (χ2v) is 6.59. The predicted molar refractivity (Wildman–Crippen MR) is 104 cm³/mol. The first kappa shape index (κ1) is 17.6. The molecule has 0 unspecified atom stereocenters. The Labute approximate surface area is 159 Å². The number of Topliss-reactive ketones (excluding diaryl/α,β-unsaturated/α-hetero) is 1. The molecule has 124 valence electrons. The molecule has 0 atom stereocenters. The van der Waals surface area contributed by atoms with Gasteiger partial charge >= 0.3 is 0 Å². The van der Waals surface area contributed by atoms with Crippen LogP contribution in [0, 0.1) is 0 Å². The molecule has 2 aromatic rings. The monoisotopic (exact) mass is 454 g/mol. The topological polar surface area (TPSA) is 35.5 Å². The minimum Gasteiger partial charge on any atom is -0.343 e. The van der Waals surface area contributed by atoms with Gasteiger partial charge in [0.05, 0.1) is 23.2 Å². The van der Waals surface area contributed by atoms with Gasteiger partial charge in [-0.2, -0.15) is 0 Å². The molecular weight excluding hydrogens is 439 g/mol. The second kappa shape index (κ2) is 7.78. The molecule has 2 aromatic carbocycles. The van der Waals surface area contributed by atoms with Crippen LogP contribution >= 0.6 is 34.2 Å². The van der Waals surface area contributed by atoms with Crippen molar-refractivity contribution in [2.75, 3.05) is 17.6 Å². The third-order valence-electron chi connectivity index (χ3n) is 3.80. The van der Waals surface area contributed by atoms with Crippen molar-refractivity contribution in [3.8, 4) is 0 Å². The summed E-state index contributed by atoms with van der Waals surface area (Å²) in [7, 11) is 0. The fourth-order valence-electron chi connectivity index (χ4n) is 2.58. The van der Waals surface area contributed by atoms with Gasteiger partial charge in [-0.05, 0) is 23.8 Å². The number of ketones is 1. The van der Waals surface area contributed by atoms with Crippen molar-refractivity contribution in [2.24, 2.45) is 0 Å². The van der Waals surface area contributed by atoms with Crippen LogP contribution in [0.15, 0.2) is 60.2 Å². The maximum atomic E-state index is 13.1. The first-order chi connectivity index (χ1) is 11.6. The van der Waals surface area contributed by atoms with Crippen LogP contribution in [-0.2, 0) is 9.47 Å². The van der Waals surface area contributed by atoms with E-state index in [4.69, 9.17) is 21.1 Å². The average Bonchev–Trinajstić information content (AvgIpc) is 3.11. The van der Waals surface area contributed by atoms with Gasteiger partial charge in [-0.15, -0.1) is 0 Å². The molecule has 3 rings (SSSR count). The van der Waals surface area contributed by atoms with E-state index in [1.54, 1.807) is 24.3 Å². The molecule has 0 saturated carbocycles. The third kappa shape index (κ3) is 3.72. The standard InChI is InChI=1S/C19H16ClIO3/c20-16-8-6-14(7-9-16)12-17(19(13-21)23-10-11-24-19)18(22)15-4-2-1-3-5-15/h1-9,12H,10-11,13H2/b17-12-. The first-order valence-corrected chi connectivity index (χ1v) is 9.46. The van der Waals surface area contributed by atoms with Gasteiger partial charge in [0, 0.05) is 10.6 Å². The van der Waals surface area contributed by atoms with Gasteiger partial charge in [0.15, 0.2) is 5.78 Å². The number of halogens is 2. The Morgan fingerprint density at radius 2 is 1.71 bits per heavy atom. The summed E-state index contributed by atoms with van der Waals surface area (Å²) in [4.78, 5) is 13.1. The maximum Gasteiger partial charge on any atom is 0.208 e. The lowest BCUT2D eigenvalue weighted by atomic mass is 9.95. The van der Waals surface area contributed by atoms with Gasteiger partial charge < -0.3 is 9.47 Å². The smallest absolute Gasteiger partial charge is 0.208 e. The lowest BCUT2D eigenvalue weighted by Gasteiger charge is -2.27. The van der Waals surface area contributed by atoms with Gasteiger partial charge in [-0.25, -0.2) is 0 Å². The Morgan fingerprint density at radius 3 is 2.29 bits per heavy atom. The minimum atomic E-state index is -1.01. The highest BCUT2D eigenvalue weighted by molar-refractivity contribution is 14.1. The van der Waals surface area contributed by atoms with E-state index in [0.29, 0.717) is 33.8 Å². The van der Waals surface area contributed by atoms with Crippen LogP contribution in [0.2, 0.25) is 5.02 Å². The molecule has 0 radical (unpaired) electrons. The Balaban J connectivity index is 2.07. The fraction of sp³-hybridized carbons (Fsp3) is 0.211. The van der Waals surface area contributed by atoms with E-state index in [1.807, 2.05) is 36.4 Å². The second-order valence-electron chi connectivity index (χ2n) is 5.39. The lowest BCUT2D eigenvalue weighted by Crippen LogP contribution is -2.38. The van der Waals surface area contributed by atoms with Gasteiger partial charge in [-0.3, -0.25) is 4.79 Å². The summed E-state index contributed by atoms with van der Waals surface area (Å²) < 4.78 is 12.2. The number of rotatable bonds is 5. The summed E-state index contributed by atoms with van der Waals surface area (Å²) in [6.45, 7) is 0.950. The maximum absolute atomic E-state index is 13.1. The van der Waals surface area contributed by atoms with Crippen LogP contribution in [0.3, 0.4) is 0 Å². The zero-order valence-corrected chi connectivity index (χ0v) is 15.8. The molecule has 0 spiro atoms. The predicted octanol–water partition coefficient (Wildman–Crippen LogP) is 4.78. The molecule has 1 aliphatic rings. The molecular formula is C19H16ClIO3. The van der Waals surface area contributed by atoms with E-state index >= 15 is 0 Å². The van der Waals surface area contributed by atoms with Gasteiger partial charge in [0.25, 0.3) is 0 Å². The van der Waals surface area contributed by atoms with Crippen molar-refractivity contribution < 1.29 is 14.3 Å². The highest BCUT2D eigenvalue weighted by Gasteiger charge is 2.43. The zero-order chi connectivity index (χ0) is 17.0. The van der Waals surface area contributed by atoms with Crippen LogP contribution in [0.25, 0.3) is 6.08 Å². The van der Waals surface area contributed by atoms with E-state index in [9.17, 15) is 4.79 Å². The van der Waals surface area contributed by atoms with Crippen molar-refractivity contribution in [3.63, 3.8) is 0 Å². The van der Waals surface area contributed by atoms with E-state index in [-0.39, 0.29) is 5.78 Å². The Bertz CT molecular complexity index is 735. The average molecular weight is 455 g/mol. The number of hydrogen-bond acceptors (Lipinski definition) is 3. The number of hydrogen-bond donors (Lipinski definition) is 0. The van der Waals surface area contributed by atoms with Crippen molar-refractivity contribution in [1.29, 1.82) is 0 Å². The number of carbonyl (C=O) groups excluding carboxylic acids is 1. The van der Waals surface area contributed by atoms with Crippen molar-refractivity contribution in [3.05, 3.63) is 76.3 Å². The molecule has 1 heterocycles. The van der Waals surface area contributed by atoms with Crippen molar-refractivity contribution >= 4 is 46.1 Å². The van der Waals surface area contributed by atoms with Crippen LogP contribution in [-0.4, -0.2) is 29.2 Å². The third-order valence-corrected chi connectivity index (χ3v) is 5.06. The molecule has 1 aliphatic heterocycles. The number of alkyl halides is 1. The molecule has 0 aromatic heterocycles. The normalized spacial score (nSPS) is 17.0. The summed E-state index contributed by atoms with van der Waals surface area (Å²) >= 11 is 8.14. The summed E-state index contributed by atoms with van der Waals surface area (Å²) in [5.74, 6) is -1.10. The van der Waals surface area contributed by atoms with Gasteiger partial charge in [-0.1, -0.05) is 76.7 Å². The Kier molecular flexibility index (Phi) is 5.71. The highest BCUT2D eigenvalue weighted by atomic mass is 127. The Hall–Kier alpha value is -1.21. The fourth-order valence-corrected chi connectivity index (χ4v) is 3.56. The summed E-state index contributed by atoms with van der Waals surface area (Å²) in [5.41, 5.74) is 1.99. The SMILES string of the molecule is O=C(/C(=C/c1ccc(Cl)cc1)C1(CI)OCCO1)c1ccccc1. The van der Waals surface area contributed by atoms with Gasteiger partial charge in [0.1, 0.15) is 0 Å². The quantitative estimate of drug-likeness (QED) is 0.282. The molecule has 0 amide bonds. The molecule has 0 N–H and O–H groups in total. The molecule has 0 bridgehead atoms. The van der Waals surface area contributed by atoms with E-state index in [2.05, 4.69) is 22.6 Å².